The molecule has 0 spiro atoms. The van der Waals surface area contributed by atoms with Crippen LogP contribution in [0.5, 0.6) is 0 Å². The molecular formula is C11H15N3OS. The summed E-state index contributed by atoms with van der Waals surface area (Å²) >= 11 is 4.69. The molecule has 4 nitrogen and oxygen atoms in total. The highest BCUT2D eigenvalue weighted by Gasteiger charge is 2.06. The van der Waals surface area contributed by atoms with Gasteiger partial charge in [0.15, 0.2) is 0 Å². The third-order valence-electron chi connectivity index (χ3n) is 2.05. The van der Waals surface area contributed by atoms with Gasteiger partial charge < -0.3 is 16.0 Å². The summed E-state index contributed by atoms with van der Waals surface area (Å²) in [5, 5.41) is 2.64. The summed E-state index contributed by atoms with van der Waals surface area (Å²) in [7, 11) is 3.85. The van der Waals surface area contributed by atoms with Gasteiger partial charge >= 0.3 is 0 Å². The van der Waals surface area contributed by atoms with Gasteiger partial charge in [0.05, 0.1) is 11.5 Å². The summed E-state index contributed by atoms with van der Waals surface area (Å²) in [6, 6.07) is 7.34. The average molecular weight is 237 g/mol. The summed E-state index contributed by atoms with van der Waals surface area (Å²) in [6.45, 7) is 0.223. The number of benzene rings is 1. The van der Waals surface area contributed by atoms with Gasteiger partial charge in [0.1, 0.15) is 0 Å². The summed E-state index contributed by atoms with van der Waals surface area (Å²) < 4.78 is 0. The summed E-state index contributed by atoms with van der Waals surface area (Å²) in [5.41, 5.74) is 6.88. The van der Waals surface area contributed by atoms with Crippen LogP contribution in [-0.2, 0) is 0 Å². The molecule has 0 fully saturated rings. The number of nitrogens with one attached hydrogen (secondary N) is 1. The molecular weight excluding hydrogens is 222 g/mol. The number of hydrogen-bond donors (Lipinski definition) is 2. The van der Waals surface area contributed by atoms with E-state index in [0.29, 0.717) is 5.56 Å². The van der Waals surface area contributed by atoms with Crippen molar-refractivity contribution in [2.45, 2.75) is 0 Å². The third-order valence-corrected chi connectivity index (χ3v) is 2.19. The Morgan fingerprint density at radius 2 is 2.19 bits per heavy atom. The van der Waals surface area contributed by atoms with Crippen molar-refractivity contribution in [2.75, 3.05) is 25.5 Å². The summed E-state index contributed by atoms with van der Waals surface area (Å²) in [6.07, 6.45) is 0. The van der Waals surface area contributed by atoms with Crippen molar-refractivity contribution in [1.29, 1.82) is 0 Å². The Balaban J connectivity index is 2.75. The van der Waals surface area contributed by atoms with Gasteiger partial charge in [0, 0.05) is 25.3 Å². The average Bonchev–Trinajstić information content (AvgIpc) is 2.26. The predicted octanol–water partition coefficient (Wildman–Crippen LogP) is 0.769. The van der Waals surface area contributed by atoms with Crippen LogP contribution in [0.3, 0.4) is 0 Å². The van der Waals surface area contributed by atoms with Gasteiger partial charge in [-0.2, -0.15) is 0 Å². The van der Waals surface area contributed by atoms with Crippen molar-refractivity contribution in [3.8, 4) is 0 Å². The van der Waals surface area contributed by atoms with E-state index >= 15 is 0 Å². The van der Waals surface area contributed by atoms with Crippen LogP contribution in [0.4, 0.5) is 5.69 Å². The quantitative estimate of drug-likeness (QED) is 0.759. The maximum atomic E-state index is 11.7. The molecule has 1 aromatic rings. The van der Waals surface area contributed by atoms with Crippen LogP contribution in [0, 0.1) is 0 Å². The Bertz CT molecular complexity index is 404. The molecule has 0 saturated heterocycles. The molecule has 5 heteroatoms. The van der Waals surface area contributed by atoms with Gasteiger partial charge in [-0.25, -0.2) is 0 Å². The van der Waals surface area contributed by atoms with Gasteiger partial charge in [-0.05, 0) is 18.2 Å². The van der Waals surface area contributed by atoms with Crippen molar-refractivity contribution in [2.24, 2.45) is 5.73 Å². The standard InChI is InChI=1S/C11H15N3OS/c1-14(2)9-5-3-4-8(6-9)11(15)13-7-10(12)16/h3-6H,7H2,1-2H3,(H2,12,16)(H,13,15). The second kappa shape index (κ2) is 5.46. The normalized spacial score (nSPS) is 9.62. The molecule has 86 valence electrons. The minimum absolute atomic E-state index is 0.170. The lowest BCUT2D eigenvalue weighted by atomic mass is 10.2. The first-order valence-electron chi connectivity index (χ1n) is 4.84. The molecule has 0 aliphatic heterocycles. The van der Waals surface area contributed by atoms with Crippen molar-refractivity contribution in [3.63, 3.8) is 0 Å². The summed E-state index contributed by atoms with van der Waals surface area (Å²) in [4.78, 5) is 13.9. The maximum Gasteiger partial charge on any atom is 0.251 e. The van der Waals surface area contributed by atoms with Crippen LogP contribution >= 0.6 is 12.2 Å². The highest BCUT2D eigenvalue weighted by molar-refractivity contribution is 7.80. The van der Waals surface area contributed by atoms with Crippen molar-refractivity contribution in [1.82, 2.24) is 5.32 Å². The number of carbonyl (C=O) groups is 1. The van der Waals surface area contributed by atoms with Crippen LogP contribution in [0.25, 0.3) is 0 Å². The molecule has 0 radical (unpaired) electrons. The molecule has 0 aliphatic rings. The molecule has 1 amide bonds. The number of hydrogen-bond acceptors (Lipinski definition) is 3. The van der Waals surface area contributed by atoms with Crippen molar-refractivity contribution in [3.05, 3.63) is 29.8 Å². The van der Waals surface area contributed by atoms with E-state index < -0.39 is 0 Å². The lowest BCUT2D eigenvalue weighted by molar-refractivity contribution is 0.0959. The molecule has 1 aromatic carbocycles. The Hall–Kier alpha value is -1.62. The van der Waals surface area contributed by atoms with Crippen molar-refractivity contribution < 1.29 is 4.79 Å². The summed E-state index contributed by atoms with van der Waals surface area (Å²) in [5.74, 6) is -0.170. The largest absolute Gasteiger partial charge is 0.392 e. The zero-order valence-corrected chi connectivity index (χ0v) is 10.2. The molecule has 1 rings (SSSR count). The second-order valence-corrected chi connectivity index (χ2v) is 4.12. The van der Waals surface area contributed by atoms with Gasteiger partial charge in [-0.15, -0.1) is 0 Å². The van der Waals surface area contributed by atoms with Gasteiger partial charge in [-0.3, -0.25) is 4.79 Å². The topological polar surface area (TPSA) is 58.4 Å². The fourth-order valence-corrected chi connectivity index (χ4v) is 1.27. The molecule has 0 bridgehead atoms. The molecule has 0 aromatic heterocycles. The molecule has 0 saturated carbocycles. The number of carbonyl (C=O) groups excluding carboxylic acids is 1. The van der Waals surface area contributed by atoms with Crippen LogP contribution in [0.15, 0.2) is 24.3 Å². The van der Waals surface area contributed by atoms with Gasteiger partial charge in [-0.1, -0.05) is 18.3 Å². The zero-order valence-electron chi connectivity index (χ0n) is 9.36. The third kappa shape index (κ3) is 3.51. The Labute approximate surface area is 100 Å². The van der Waals surface area contributed by atoms with E-state index in [1.807, 2.05) is 37.2 Å². The van der Waals surface area contributed by atoms with E-state index in [9.17, 15) is 4.79 Å². The monoisotopic (exact) mass is 237 g/mol. The first-order valence-corrected chi connectivity index (χ1v) is 5.25. The lowest BCUT2D eigenvalue weighted by Crippen LogP contribution is -2.32. The Morgan fingerprint density at radius 1 is 1.50 bits per heavy atom. The van der Waals surface area contributed by atoms with E-state index in [4.69, 9.17) is 5.73 Å². The zero-order chi connectivity index (χ0) is 12.1. The van der Waals surface area contributed by atoms with E-state index in [0.717, 1.165) is 5.69 Å². The minimum atomic E-state index is -0.170. The van der Waals surface area contributed by atoms with Crippen LogP contribution in [-0.4, -0.2) is 31.5 Å². The smallest absolute Gasteiger partial charge is 0.251 e. The van der Waals surface area contributed by atoms with Crippen LogP contribution < -0.4 is 16.0 Å². The Kier molecular flexibility index (Phi) is 4.25. The fourth-order valence-electron chi connectivity index (χ4n) is 1.19. The van der Waals surface area contributed by atoms with Crippen LogP contribution in [0.2, 0.25) is 0 Å². The highest BCUT2D eigenvalue weighted by Crippen LogP contribution is 2.12. The predicted molar refractivity (Wildman–Crippen MR) is 69.9 cm³/mol. The minimum Gasteiger partial charge on any atom is -0.392 e. The van der Waals surface area contributed by atoms with Crippen LogP contribution in [0.1, 0.15) is 10.4 Å². The molecule has 0 aliphatic carbocycles. The van der Waals surface area contributed by atoms with E-state index in [-0.39, 0.29) is 17.4 Å². The van der Waals surface area contributed by atoms with Crippen molar-refractivity contribution >= 4 is 28.8 Å². The first kappa shape index (κ1) is 12.4. The first-order chi connectivity index (χ1) is 7.50. The molecule has 0 unspecified atom stereocenters. The maximum absolute atomic E-state index is 11.7. The fraction of sp³-hybridized carbons (Fsp3) is 0.273. The number of nitrogens with zero attached hydrogens (tertiary/aromatic N) is 1. The number of thiocarbonyl (C=S) groups is 1. The number of rotatable bonds is 4. The van der Waals surface area contributed by atoms with E-state index in [2.05, 4.69) is 17.5 Å². The number of amides is 1. The van der Waals surface area contributed by atoms with E-state index in [1.165, 1.54) is 0 Å². The molecule has 0 heterocycles. The second-order valence-electron chi connectivity index (χ2n) is 3.59. The lowest BCUT2D eigenvalue weighted by Gasteiger charge is -2.13. The van der Waals surface area contributed by atoms with Gasteiger partial charge in [0.2, 0.25) is 0 Å². The van der Waals surface area contributed by atoms with E-state index in [1.54, 1.807) is 6.07 Å². The number of anilines is 1. The number of nitrogens with two attached hydrogens (primary N) is 1. The molecule has 0 atom stereocenters. The molecule has 16 heavy (non-hydrogen) atoms. The Morgan fingerprint density at radius 3 is 2.75 bits per heavy atom. The van der Waals surface area contributed by atoms with Gasteiger partial charge in [0.25, 0.3) is 5.91 Å². The SMILES string of the molecule is CN(C)c1cccc(C(=O)NCC(N)=S)c1. The highest BCUT2D eigenvalue weighted by atomic mass is 32.1. The molecule has 3 N–H and O–H groups in total.